The van der Waals surface area contributed by atoms with Crippen molar-refractivity contribution in [2.45, 2.75) is 38.6 Å². The fourth-order valence-corrected chi connectivity index (χ4v) is 3.43. The number of amides is 1. The molecular formula is C18H20BrN3O. The van der Waals surface area contributed by atoms with Crippen LogP contribution in [0.4, 0.5) is 11.4 Å². The van der Waals surface area contributed by atoms with Crippen LogP contribution >= 0.6 is 15.9 Å². The molecule has 0 atom stereocenters. The number of aromatic nitrogens is 1. The topological polar surface area (TPSA) is 54.0 Å². The first-order valence-electron chi connectivity index (χ1n) is 7.92. The van der Waals surface area contributed by atoms with Crippen LogP contribution in [0.15, 0.2) is 41.0 Å². The molecule has 4 nitrogen and oxygen atoms in total. The summed E-state index contributed by atoms with van der Waals surface area (Å²) < 4.78 is 0.992. The molecule has 2 aromatic rings. The van der Waals surface area contributed by atoms with E-state index in [4.69, 9.17) is 0 Å². The molecule has 1 aromatic heterocycles. The number of aryl methyl sites for hydroxylation is 1. The fourth-order valence-electron chi connectivity index (χ4n) is 2.84. The van der Waals surface area contributed by atoms with Crippen molar-refractivity contribution in [2.24, 2.45) is 0 Å². The molecule has 120 valence electrons. The lowest BCUT2D eigenvalue weighted by atomic mass is 10.2. The number of benzene rings is 1. The lowest BCUT2D eigenvalue weighted by molar-refractivity contribution is 0.0933. The van der Waals surface area contributed by atoms with Gasteiger partial charge < -0.3 is 10.6 Å². The molecule has 1 aliphatic carbocycles. The molecule has 3 rings (SSSR count). The van der Waals surface area contributed by atoms with Gasteiger partial charge in [0.15, 0.2) is 0 Å². The van der Waals surface area contributed by atoms with E-state index in [1.807, 2.05) is 25.1 Å². The second kappa shape index (κ2) is 7.13. The average Bonchev–Trinajstić information content (AvgIpc) is 3.03. The molecule has 1 aliphatic rings. The number of rotatable bonds is 4. The van der Waals surface area contributed by atoms with Gasteiger partial charge in [0.25, 0.3) is 5.91 Å². The normalized spacial score (nSPS) is 14.7. The van der Waals surface area contributed by atoms with Gasteiger partial charge in [0.05, 0.1) is 5.69 Å². The van der Waals surface area contributed by atoms with Crippen molar-refractivity contribution < 1.29 is 4.79 Å². The van der Waals surface area contributed by atoms with Gasteiger partial charge in [0, 0.05) is 22.4 Å². The summed E-state index contributed by atoms with van der Waals surface area (Å²) in [4.78, 5) is 16.5. The van der Waals surface area contributed by atoms with Crippen molar-refractivity contribution in [1.29, 1.82) is 0 Å². The Morgan fingerprint density at radius 1 is 1.22 bits per heavy atom. The van der Waals surface area contributed by atoms with Crippen LogP contribution < -0.4 is 10.6 Å². The summed E-state index contributed by atoms with van der Waals surface area (Å²) in [6.45, 7) is 2.05. The summed E-state index contributed by atoms with van der Waals surface area (Å²) in [6.07, 6.45) is 6.19. The van der Waals surface area contributed by atoms with Crippen LogP contribution in [0.2, 0.25) is 0 Å². The van der Waals surface area contributed by atoms with E-state index < -0.39 is 0 Å². The standard InChI is InChI=1S/C18H20BrN3O/c1-12-6-7-16(15(19)10-12)21-14-8-9-20-17(11-14)18(23)22-13-4-2-3-5-13/h6-11,13H,2-5H2,1H3,(H,20,21)(H,22,23). The lowest BCUT2D eigenvalue weighted by Crippen LogP contribution is -2.33. The third kappa shape index (κ3) is 4.10. The molecule has 0 unspecified atom stereocenters. The minimum absolute atomic E-state index is 0.0940. The van der Waals surface area contributed by atoms with Crippen LogP contribution in [0, 0.1) is 6.92 Å². The second-order valence-electron chi connectivity index (χ2n) is 5.99. The first-order chi connectivity index (χ1) is 11.1. The molecule has 0 saturated heterocycles. The number of hydrogen-bond donors (Lipinski definition) is 2. The van der Waals surface area contributed by atoms with Gasteiger partial charge in [-0.05, 0) is 65.5 Å². The Hall–Kier alpha value is -1.88. The van der Waals surface area contributed by atoms with Crippen molar-refractivity contribution in [2.75, 3.05) is 5.32 Å². The predicted octanol–water partition coefficient (Wildman–Crippen LogP) is 4.57. The molecule has 1 heterocycles. The maximum atomic E-state index is 12.3. The Morgan fingerprint density at radius 2 is 2.00 bits per heavy atom. The summed E-state index contributed by atoms with van der Waals surface area (Å²) in [6, 6.07) is 10.1. The van der Waals surface area contributed by atoms with E-state index in [0.29, 0.717) is 11.7 Å². The van der Waals surface area contributed by atoms with Crippen LogP contribution in [0.3, 0.4) is 0 Å². The molecule has 5 heteroatoms. The van der Waals surface area contributed by atoms with Crippen molar-refractivity contribution in [3.05, 3.63) is 52.3 Å². The van der Waals surface area contributed by atoms with E-state index in [-0.39, 0.29) is 5.91 Å². The highest BCUT2D eigenvalue weighted by atomic mass is 79.9. The number of carbonyl (C=O) groups is 1. The maximum Gasteiger partial charge on any atom is 0.270 e. The van der Waals surface area contributed by atoms with Crippen LogP contribution in [0.5, 0.6) is 0 Å². The largest absolute Gasteiger partial charge is 0.354 e. The van der Waals surface area contributed by atoms with Crippen molar-refractivity contribution in [3.8, 4) is 0 Å². The molecule has 0 aliphatic heterocycles. The van der Waals surface area contributed by atoms with E-state index in [1.54, 1.807) is 12.3 Å². The highest BCUT2D eigenvalue weighted by Crippen LogP contribution is 2.27. The zero-order valence-electron chi connectivity index (χ0n) is 13.1. The third-order valence-electron chi connectivity index (χ3n) is 4.09. The quantitative estimate of drug-likeness (QED) is 0.825. The summed E-state index contributed by atoms with van der Waals surface area (Å²) in [5.41, 5.74) is 3.45. The molecule has 1 aromatic carbocycles. The zero-order valence-corrected chi connectivity index (χ0v) is 14.7. The van der Waals surface area contributed by atoms with Gasteiger partial charge in [-0.1, -0.05) is 18.9 Å². The van der Waals surface area contributed by atoms with Crippen molar-refractivity contribution in [3.63, 3.8) is 0 Å². The number of nitrogens with one attached hydrogen (secondary N) is 2. The van der Waals surface area contributed by atoms with E-state index in [1.165, 1.54) is 18.4 Å². The third-order valence-corrected chi connectivity index (χ3v) is 4.74. The monoisotopic (exact) mass is 373 g/mol. The first kappa shape index (κ1) is 16.0. The number of carbonyl (C=O) groups excluding carboxylic acids is 1. The van der Waals surface area contributed by atoms with Crippen LogP contribution in [0.1, 0.15) is 41.7 Å². The zero-order chi connectivity index (χ0) is 16.2. The molecule has 0 radical (unpaired) electrons. The second-order valence-corrected chi connectivity index (χ2v) is 6.85. The minimum atomic E-state index is -0.0940. The van der Waals surface area contributed by atoms with Gasteiger partial charge in [0.2, 0.25) is 0 Å². The summed E-state index contributed by atoms with van der Waals surface area (Å²) in [5, 5.41) is 6.39. The maximum absolute atomic E-state index is 12.3. The summed E-state index contributed by atoms with van der Waals surface area (Å²) >= 11 is 3.55. The molecule has 1 amide bonds. The van der Waals surface area contributed by atoms with Gasteiger partial charge in [-0.2, -0.15) is 0 Å². The fraction of sp³-hybridized carbons (Fsp3) is 0.333. The summed E-state index contributed by atoms with van der Waals surface area (Å²) in [7, 11) is 0. The van der Waals surface area contributed by atoms with Crippen molar-refractivity contribution in [1.82, 2.24) is 10.3 Å². The molecule has 2 N–H and O–H groups in total. The van der Waals surface area contributed by atoms with Gasteiger partial charge >= 0.3 is 0 Å². The van der Waals surface area contributed by atoms with Crippen LogP contribution in [-0.4, -0.2) is 16.9 Å². The number of nitrogens with zero attached hydrogens (tertiary/aromatic N) is 1. The number of halogens is 1. The van der Waals surface area contributed by atoms with Gasteiger partial charge in [-0.3, -0.25) is 9.78 Å². The van der Waals surface area contributed by atoms with E-state index in [0.717, 1.165) is 28.7 Å². The van der Waals surface area contributed by atoms with Crippen LogP contribution in [0.25, 0.3) is 0 Å². The van der Waals surface area contributed by atoms with E-state index >= 15 is 0 Å². The molecule has 23 heavy (non-hydrogen) atoms. The molecule has 0 spiro atoms. The predicted molar refractivity (Wildman–Crippen MR) is 96.1 cm³/mol. The van der Waals surface area contributed by atoms with E-state index in [9.17, 15) is 4.79 Å². The Balaban J connectivity index is 1.72. The molecule has 1 fully saturated rings. The lowest BCUT2D eigenvalue weighted by Gasteiger charge is -2.13. The molecule has 0 bridgehead atoms. The SMILES string of the molecule is Cc1ccc(Nc2ccnc(C(=O)NC3CCCC3)c2)c(Br)c1. The number of pyridine rings is 1. The number of anilines is 2. The smallest absolute Gasteiger partial charge is 0.270 e. The molecular weight excluding hydrogens is 354 g/mol. The van der Waals surface area contributed by atoms with Crippen LogP contribution in [-0.2, 0) is 0 Å². The number of hydrogen-bond acceptors (Lipinski definition) is 3. The Morgan fingerprint density at radius 3 is 2.74 bits per heavy atom. The van der Waals surface area contributed by atoms with Gasteiger partial charge in [0.1, 0.15) is 5.69 Å². The Labute approximate surface area is 144 Å². The molecule has 1 saturated carbocycles. The minimum Gasteiger partial charge on any atom is -0.354 e. The first-order valence-corrected chi connectivity index (χ1v) is 8.71. The van der Waals surface area contributed by atoms with E-state index in [2.05, 4.69) is 37.6 Å². The highest BCUT2D eigenvalue weighted by molar-refractivity contribution is 9.10. The van der Waals surface area contributed by atoms with Crippen molar-refractivity contribution >= 4 is 33.2 Å². The van der Waals surface area contributed by atoms with Gasteiger partial charge in [-0.15, -0.1) is 0 Å². The Bertz CT molecular complexity index is 711. The highest BCUT2D eigenvalue weighted by Gasteiger charge is 2.18. The average molecular weight is 374 g/mol. The van der Waals surface area contributed by atoms with Gasteiger partial charge in [-0.25, -0.2) is 0 Å². The summed E-state index contributed by atoms with van der Waals surface area (Å²) in [5.74, 6) is -0.0940. The Kier molecular flexibility index (Phi) is 4.96.